The molecule has 2 N–H and O–H groups in total. The molecule has 0 bridgehead atoms. The summed E-state index contributed by atoms with van der Waals surface area (Å²) in [7, 11) is -4.71. The Morgan fingerprint density at radius 1 is 1.17 bits per heavy atom. The van der Waals surface area contributed by atoms with E-state index in [0.717, 1.165) is 0 Å². The molecule has 126 valence electrons. The average Bonchev–Trinajstić information content (AvgIpc) is 2.54. The molecule has 0 aliphatic carbocycles. The monoisotopic (exact) mass is 369 g/mol. The van der Waals surface area contributed by atoms with Crippen molar-refractivity contribution in [3.63, 3.8) is 0 Å². The molecule has 0 aromatic heterocycles. The van der Waals surface area contributed by atoms with Crippen LogP contribution in [0.15, 0.2) is 59.8 Å². The van der Waals surface area contributed by atoms with Gasteiger partial charge in [0.05, 0.1) is 0 Å². The summed E-state index contributed by atoms with van der Waals surface area (Å²) >= 11 is 5.78. The van der Waals surface area contributed by atoms with Gasteiger partial charge in [-0.2, -0.15) is 0 Å². The van der Waals surface area contributed by atoms with E-state index in [0.29, 0.717) is 5.75 Å². The number of carbonyl (C=O) groups excluding carboxylic acids is 1. The van der Waals surface area contributed by atoms with E-state index >= 15 is 0 Å². The molecule has 0 saturated heterocycles. The predicted molar refractivity (Wildman–Crippen MR) is 87.6 cm³/mol. The predicted octanol–water partition coefficient (Wildman–Crippen LogP) is 3.28. The van der Waals surface area contributed by atoms with Gasteiger partial charge in [0.2, 0.25) is 5.45 Å². The van der Waals surface area contributed by atoms with Crippen LogP contribution >= 0.6 is 19.2 Å². The number of oxime groups is 1. The highest BCUT2D eigenvalue weighted by Gasteiger charge is 2.34. The van der Waals surface area contributed by atoms with Crippen molar-refractivity contribution in [1.82, 2.24) is 0 Å². The van der Waals surface area contributed by atoms with Gasteiger partial charge >= 0.3 is 13.6 Å². The molecule has 0 heterocycles. The number of nitrogens with zero attached hydrogens (tertiary/aromatic N) is 1. The highest BCUT2D eigenvalue weighted by atomic mass is 35.5. The Labute approximate surface area is 142 Å². The van der Waals surface area contributed by atoms with Crippen molar-refractivity contribution in [2.24, 2.45) is 5.16 Å². The molecule has 0 amide bonds. The summed E-state index contributed by atoms with van der Waals surface area (Å²) in [6.07, 6.45) is 0. The molecule has 0 saturated carbocycles. The third-order valence-corrected chi connectivity index (χ3v) is 4.34. The molecular formula is C15H13ClNO6P. The van der Waals surface area contributed by atoms with Gasteiger partial charge in [-0.05, 0) is 24.3 Å². The van der Waals surface area contributed by atoms with E-state index in [2.05, 4.69) is 9.68 Å². The summed E-state index contributed by atoms with van der Waals surface area (Å²) in [6.45, 7) is -0.581. The van der Waals surface area contributed by atoms with Crippen molar-refractivity contribution >= 4 is 30.6 Å². The summed E-state index contributed by atoms with van der Waals surface area (Å²) in [5, 5.41) is 12.0. The van der Waals surface area contributed by atoms with Gasteiger partial charge in [0.15, 0.2) is 6.61 Å². The van der Waals surface area contributed by atoms with E-state index < -0.39 is 25.6 Å². The van der Waals surface area contributed by atoms with Gasteiger partial charge in [-0.3, -0.25) is 0 Å². The van der Waals surface area contributed by atoms with E-state index in [1.54, 1.807) is 30.3 Å². The zero-order chi connectivity index (χ0) is 17.6. The van der Waals surface area contributed by atoms with E-state index in [-0.39, 0.29) is 10.6 Å². The first-order valence-electron chi connectivity index (χ1n) is 6.64. The van der Waals surface area contributed by atoms with E-state index in [4.69, 9.17) is 21.5 Å². The lowest BCUT2D eigenvalue weighted by molar-refractivity contribution is -0.136. The van der Waals surface area contributed by atoms with Gasteiger partial charge < -0.3 is 19.4 Å². The van der Waals surface area contributed by atoms with Crippen LogP contribution in [0.1, 0.15) is 5.56 Å². The van der Waals surface area contributed by atoms with Gasteiger partial charge in [-0.15, -0.1) is 0 Å². The maximum atomic E-state index is 12.2. The van der Waals surface area contributed by atoms with Crippen LogP contribution in [0.2, 0.25) is 5.02 Å². The number of para-hydroxylation sites is 1. The van der Waals surface area contributed by atoms with Gasteiger partial charge in [-0.25, -0.2) is 9.36 Å². The van der Waals surface area contributed by atoms with E-state index in [9.17, 15) is 14.3 Å². The molecule has 0 radical (unpaired) electrons. The van der Waals surface area contributed by atoms with Crippen LogP contribution in [-0.4, -0.2) is 28.1 Å². The second-order valence-corrected chi connectivity index (χ2v) is 6.60. The molecule has 1 unspecified atom stereocenters. The molecule has 1 atom stereocenters. The Kier molecular flexibility index (Phi) is 5.98. The minimum absolute atomic E-state index is 0.0487. The Morgan fingerprint density at radius 2 is 1.88 bits per heavy atom. The Morgan fingerprint density at radius 3 is 2.50 bits per heavy atom. The van der Waals surface area contributed by atoms with Crippen molar-refractivity contribution < 1.29 is 28.7 Å². The number of ether oxygens (including phenoxy) is 1. The van der Waals surface area contributed by atoms with E-state index in [1.165, 1.54) is 24.3 Å². The van der Waals surface area contributed by atoms with Gasteiger partial charge in [0.25, 0.3) is 0 Å². The summed E-state index contributed by atoms with van der Waals surface area (Å²) in [4.78, 5) is 21.6. The fraction of sp³-hybridized carbons (Fsp3) is 0.0667. The SMILES string of the molecule is O=C(COc1ccccc1)OP(=O)(O)C(=NO)c1cccc(Cl)c1. The highest BCUT2D eigenvalue weighted by Crippen LogP contribution is 2.46. The molecule has 0 aliphatic rings. The zero-order valence-electron chi connectivity index (χ0n) is 12.2. The Bertz CT molecular complexity index is 796. The zero-order valence-corrected chi connectivity index (χ0v) is 13.9. The number of halogens is 1. The number of hydrogen-bond donors (Lipinski definition) is 2. The summed E-state index contributed by atoms with van der Waals surface area (Å²) < 4.78 is 21.8. The second-order valence-electron chi connectivity index (χ2n) is 4.52. The van der Waals surface area contributed by atoms with Crippen LogP contribution in [0, 0.1) is 0 Å². The molecule has 0 spiro atoms. The third-order valence-electron chi connectivity index (χ3n) is 2.77. The fourth-order valence-corrected chi connectivity index (χ4v) is 2.96. The lowest BCUT2D eigenvalue weighted by atomic mass is 10.2. The van der Waals surface area contributed by atoms with Crippen molar-refractivity contribution in [3.05, 3.63) is 65.2 Å². The largest absolute Gasteiger partial charge is 0.482 e. The fourth-order valence-electron chi connectivity index (χ4n) is 1.77. The Hall–Kier alpha value is -2.34. The van der Waals surface area contributed by atoms with Gasteiger partial charge in [0, 0.05) is 10.6 Å². The lowest BCUT2D eigenvalue weighted by Crippen LogP contribution is -2.16. The highest BCUT2D eigenvalue weighted by molar-refractivity contribution is 7.72. The maximum absolute atomic E-state index is 12.2. The van der Waals surface area contributed by atoms with Crippen molar-refractivity contribution in [3.8, 4) is 5.75 Å². The molecule has 2 aromatic rings. The van der Waals surface area contributed by atoms with Crippen LogP contribution in [0.25, 0.3) is 0 Å². The second kappa shape index (κ2) is 7.97. The standard InChI is InChI=1S/C15H13ClNO6P/c16-12-6-4-5-11(9-12)15(17-19)24(20,21)23-14(18)10-22-13-7-2-1-3-8-13/h1-9,19H,10H2,(H,20,21). The minimum atomic E-state index is -4.71. The summed E-state index contributed by atoms with van der Waals surface area (Å²) in [5.41, 5.74) is -0.648. The van der Waals surface area contributed by atoms with Gasteiger partial charge in [-0.1, -0.05) is 47.1 Å². The maximum Gasteiger partial charge on any atom is 0.432 e. The molecule has 0 aliphatic heterocycles. The molecule has 2 aromatic carbocycles. The Balaban J connectivity index is 2.06. The first-order chi connectivity index (χ1) is 11.4. The molecule has 0 fully saturated rings. The van der Waals surface area contributed by atoms with Crippen LogP contribution in [-0.2, 0) is 13.9 Å². The topological polar surface area (TPSA) is 105 Å². The van der Waals surface area contributed by atoms with Crippen molar-refractivity contribution in [2.75, 3.05) is 6.61 Å². The average molecular weight is 370 g/mol. The normalized spacial score (nSPS) is 13.8. The lowest BCUT2D eigenvalue weighted by Gasteiger charge is -2.13. The number of rotatable bonds is 6. The molecular weight excluding hydrogens is 357 g/mol. The van der Waals surface area contributed by atoms with Crippen LogP contribution in [0.3, 0.4) is 0 Å². The summed E-state index contributed by atoms with van der Waals surface area (Å²) in [6, 6.07) is 14.1. The first kappa shape index (κ1) is 18.0. The quantitative estimate of drug-likeness (QED) is 0.350. The van der Waals surface area contributed by atoms with Gasteiger partial charge in [0.1, 0.15) is 5.75 Å². The van der Waals surface area contributed by atoms with Crippen molar-refractivity contribution in [2.45, 2.75) is 0 Å². The molecule has 7 nitrogen and oxygen atoms in total. The number of carbonyl (C=O) groups is 1. The number of benzene rings is 2. The molecule has 2 rings (SSSR count). The summed E-state index contributed by atoms with van der Waals surface area (Å²) in [5.74, 6) is -0.694. The van der Waals surface area contributed by atoms with E-state index in [1.807, 2.05) is 0 Å². The minimum Gasteiger partial charge on any atom is -0.482 e. The van der Waals surface area contributed by atoms with Crippen LogP contribution < -0.4 is 4.74 Å². The van der Waals surface area contributed by atoms with Crippen LogP contribution in [0.4, 0.5) is 0 Å². The number of hydrogen-bond acceptors (Lipinski definition) is 6. The molecule has 24 heavy (non-hydrogen) atoms. The third kappa shape index (κ3) is 4.83. The van der Waals surface area contributed by atoms with Crippen LogP contribution in [0.5, 0.6) is 5.75 Å². The molecule has 9 heteroatoms. The van der Waals surface area contributed by atoms with Crippen molar-refractivity contribution in [1.29, 1.82) is 0 Å². The first-order valence-corrected chi connectivity index (χ1v) is 8.59. The smallest absolute Gasteiger partial charge is 0.432 e.